The van der Waals surface area contributed by atoms with E-state index < -0.39 is 24.6 Å². The molecule has 1 N–H and O–H groups in total. The van der Waals surface area contributed by atoms with Crippen LogP contribution in [0.5, 0.6) is 0 Å². The number of nitrogens with zero attached hydrogens (tertiary/aromatic N) is 1. The molecule has 0 aliphatic heterocycles. The van der Waals surface area contributed by atoms with Crippen LogP contribution in [0.1, 0.15) is 57.0 Å². The molecule has 0 spiro atoms. The number of esters is 1. The molecule has 1 fully saturated rings. The number of ether oxygens (including phenoxy) is 1. The Kier molecular flexibility index (Phi) is 6.07. The maximum Gasteiger partial charge on any atom is 0.344 e. The highest BCUT2D eigenvalue weighted by Crippen LogP contribution is 2.40. The van der Waals surface area contributed by atoms with E-state index in [1.54, 1.807) is 44.2 Å². The minimum atomic E-state index is -2.74. The van der Waals surface area contributed by atoms with E-state index in [0.717, 1.165) is 19.3 Å². The van der Waals surface area contributed by atoms with E-state index in [-0.39, 0.29) is 5.92 Å². The first kappa shape index (κ1) is 15.2. The summed E-state index contributed by atoms with van der Waals surface area (Å²) in [5.74, 6) is 2.89. The van der Waals surface area contributed by atoms with Gasteiger partial charge in [0.2, 0.25) is 0 Å². The van der Waals surface area contributed by atoms with Gasteiger partial charge in [0.1, 0.15) is 0 Å². The summed E-state index contributed by atoms with van der Waals surface area (Å²) in [6.45, 7) is -0.451. The Hall–Kier alpha value is -1.83. The quantitative estimate of drug-likeness (QED) is 0.598. The van der Waals surface area contributed by atoms with Crippen molar-refractivity contribution in [3.05, 3.63) is 35.9 Å². The number of benzene rings is 1. The molecule has 1 aromatic carbocycles. The summed E-state index contributed by atoms with van der Waals surface area (Å²) in [5, 5.41) is 11.5. The zero-order valence-corrected chi connectivity index (χ0v) is 15.6. The molecule has 2 rings (SSSR count). The average Bonchev–Trinajstić information content (AvgIpc) is 2.73. The monoisotopic (exact) mass is 361 g/mol. The molecule has 0 saturated heterocycles. The highest BCUT2D eigenvalue weighted by atomic mass is 16.5. The Bertz CT molecular complexity index is 766. The molecule has 0 radical (unpaired) electrons. The molecule has 4 heteroatoms. The second-order valence-electron chi connectivity index (χ2n) is 6.49. The van der Waals surface area contributed by atoms with Crippen LogP contribution in [-0.2, 0) is 15.1 Å². The second kappa shape index (κ2) is 10.4. The van der Waals surface area contributed by atoms with Gasteiger partial charge >= 0.3 is 5.97 Å². The molecule has 4 nitrogen and oxygen atoms in total. The Morgan fingerprint density at radius 2 is 1.88 bits per heavy atom. The van der Waals surface area contributed by atoms with Crippen molar-refractivity contribution in [3.8, 4) is 11.8 Å². The maximum atomic E-state index is 13.1. The molecule has 142 valence electrons. The van der Waals surface area contributed by atoms with Crippen LogP contribution in [0.4, 0.5) is 0 Å². The third kappa shape index (κ3) is 5.09. The van der Waals surface area contributed by atoms with E-state index in [1.165, 1.54) is 4.90 Å². The van der Waals surface area contributed by atoms with Gasteiger partial charge in [-0.2, -0.15) is 0 Å². The first-order valence-electron chi connectivity index (χ1n) is 11.4. The Labute approximate surface area is 163 Å². The average molecular weight is 362 g/mol. The van der Waals surface area contributed by atoms with Crippen molar-refractivity contribution in [1.29, 1.82) is 0 Å². The van der Waals surface area contributed by atoms with E-state index >= 15 is 0 Å². The molecule has 1 aliphatic rings. The van der Waals surface area contributed by atoms with Crippen LogP contribution < -0.4 is 0 Å². The van der Waals surface area contributed by atoms with E-state index in [1.807, 2.05) is 0 Å². The summed E-state index contributed by atoms with van der Waals surface area (Å²) in [5.41, 5.74) is -1.61. The van der Waals surface area contributed by atoms with Gasteiger partial charge in [-0.1, -0.05) is 75.3 Å². The summed E-state index contributed by atoms with van der Waals surface area (Å²) in [7, 11) is 0. The van der Waals surface area contributed by atoms with Crippen LogP contribution in [-0.4, -0.2) is 42.1 Å². The lowest BCUT2D eigenvalue weighted by atomic mass is 9.73. The van der Waals surface area contributed by atoms with Crippen LogP contribution in [0.2, 0.25) is 0 Å². The van der Waals surface area contributed by atoms with Crippen molar-refractivity contribution in [2.45, 2.75) is 51.6 Å². The van der Waals surface area contributed by atoms with Gasteiger partial charge in [0, 0.05) is 5.92 Å². The van der Waals surface area contributed by atoms with Crippen molar-refractivity contribution in [3.63, 3.8) is 0 Å². The largest absolute Gasteiger partial charge is 0.450 e. The van der Waals surface area contributed by atoms with Gasteiger partial charge in [-0.15, -0.1) is 0 Å². The van der Waals surface area contributed by atoms with Gasteiger partial charge in [0.15, 0.2) is 12.2 Å². The fraction of sp³-hybridized carbons (Fsp3) is 0.591. The number of carbonyl (C=O) groups excluding carboxylic acids is 1. The minimum Gasteiger partial charge on any atom is -0.450 e. The van der Waals surface area contributed by atoms with Crippen LogP contribution in [0, 0.1) is 17.8 Å². The SMILES string of the molecule is [2H]C([2H])(C#CC([2H])([2H])N(CC)CC)OC(=O)[C@@](O)(c1ccccc1)C1CCCCC1. The molecular weight excluding hydrogens is 326 g/mol. The highest BCUT2D eigenvalue weighted by Gasteiger charge is 2.46. The van der Waals surface area contributed by atoms with E-state index in [9.17, 15) is 9.90 Å². The van der Waals surface area contributed by atoms with Gasteiger partial charge in [0.05, 0.1) is 12.0 Å². The highest BCUT2D eigenvalue weighted by molar-refractivity contribution is 5.81. The van der Waals surface area contributed by atoms with E-state index in [2.05, 4.69) is 11.8 Å². The summed E-state index contributed by atoms with van der Waals surface area (Å²) in [6, 6.07) is 8.47. The van der Waals surface area contributed by atoms with Gasteiger partial charge in [0.25, 0.3) is 0 Å². The number of aliphatic hydroxyl groups is 1. The van der Waals surface area contributed by atoms with Crippen molar-refractivity contribution in [2.75, 3.05) is 26.1 Å². The summed E-state index contributed by atoms with van der Waals surface area (Å²) >= 11 is 0. The normalized spacial score (nSPS) is 20.6. The van der Waals surface area contributed by atoms with Gasteiger partial charge in [-0.05, 0) is 31.5 Å². The van der Waals surface area contributed by atoms with E-state index in [0.29, 0.717) is 31.5 Å². The van der Waals surface area contributed by atoms with Gasteiger partial charge < -0.3 is 9.84 Å². The molecule has 1 aromatic rings. The third-order valence-electron chi connectivity index (χ3n) is 4.96. The number of hydrogen-bond acceptors (Lipinski definition) is 4. The summed E-state index contributed by atoms with van der Waals surface area (Å²) in [6.07, 6.45) is 4.07. The molecular formula is C22H31NO3. The number of rotatable bonds is 7. The minimum absolute atomic E-state index is 0.365. The fourth-order valence-corrected chi connectivity index (χ4v) is 3.40. The maximum absolute atomic E-state index is 13.1. The van der Waals surface area contributed by atoms with Gasteiger partial charge in [-0.3, -0.25) is 4.90 Å². The lowest BCUT2D eigenvalue weighted by molar-refractivity contribution is -0.174. The van der Waals surface area contributed by atoms with Crippen LogP contribution in [0.15, 0.2) is 30.3 Å². The first-order valence-corrected chi connectivity index (χ1v) is 9.37. The van der Waals surface area contributed by atoms with Crippen molar-refractivity contribution < 1.29 is 20.1 Å². The Morgan fingerprint density at radius 1 is 1.23 bits per heavy atom. The summed E-state index contributed by atoms with van der Waals surface area (Å²) < 4.78 is 37.1. The first-order chi connectivity index (χ1) is 14.1. The smallest absolute Gasteiger partial charge is 0.344 e. The predicted molar refractivity (Wildman–Crippen MR) is 103 cm³/mol. The lowest BCUT2D eigenvalue weighted by Crippen LogP contribution is -2.45. The molecule has 1 atom stereocenters. The number of carbonyl (C=O) groups is 1. The zero-order valence-electron chi connectivity index (χ0n) is 19.6. The molecule has 1 saturated carbocycles. The standard InChI is InChI=1S/C22H31NO3/c1-3-23(4-2)17-11-12-18-26-21(24)22(25,19-13-7-5-8-14-19)20-15-9-6-10-16-20/h5,7-8,13-14,20,25H,3-4,6,9-10,15-18H2,1-2H3/t22-/m1/s1/i17D2,18D2. The number of hydrogen-bond donors (Lipinski definition) is 1. The van der Waals surface area contributed by atoms with Crippen LogP contribution >= 0.6 is 0 Å². The zero-order chi connectivity index (χ0) is 22.4. The molecule has 0 aromatic heterocycles. The third-order valence-corrected chi connectivity index (χ3v) is 4.96. The fourth-order valence-electron chi connectivity index (χ4n) is 3.40. The van der Waals surface area contributed by atoms with Crippen LogP contribution in [0.25, 0.3) is 0 Å². The summed E-state index contributed by atoms with van der Waals surface area (Å²) in [4.78, 5) is 14.5. The molecule has 0 heterocycles. The van der Waals surface area contributed by atoms with Crippen LogP contribution in [0.3, 0.4) is 0 Å². The Morgan fingerprint density at radius 3 is 2.50 bits per heavy atom. The van der Waals surface area contributed by atoms with Crippen molar-refractivity contribution in [2.24, 2.45) is 5.92 Å². The molecule has 0 bridgehead atoms. The lowest BCUT2D eigenvalue weighted by Gasteiger charge is -2.36. The van der Waals surface area contributed by atoms with E-state index in [4.69, 9.17) is 10.2 Å². The molecule has 1 aliphatic carbocycles. The van der Waals surface area contributed by atoms with Crippen molar-refractivity contribution in [1.82, 2.24) is 4.90 Å². The molecule has 0 amide bonds. The predicted octanol–water partition coefficient (Wildman–Crippen LogP) is 3.34. The Balaban J connectivity index is 2.30. The van der Waals surface area contributed by atoms with Gasteiger partial charge in [-0.25, -0.2) is 4.79 Å². The second-order valence-corrected chi connectivity index (χ2v) is 6.49. The topological polar surface area (TPSA) is 49.8 Å². The molecule has 26 heavy (non-hydrogen) atoms. The molecule has 0 unspecified atom stereocenters. The van der Waals surface area contributed by atoms with Crippen molar-refractivity contribution >= 4 is 5.97 Å².